The first-order valence-corrected chi connectivity index (χ1v) is 10.5. The molecule has 0 unspecified atom stereocenters. The van der Waals surface area contributed by atoms with Gasteiger partial charge in [-0.15, -0.1) is 0 Å². The van der Waals surface area contributed by atoms with E-state index in [4.69, 9.17) is 11.6 Å². The number of carbonyl (C=O) groups excluding carboxylic acids is 2. The van der Waals surface area contributed by atoms with Crippen molar-refractivity contribution in [2.24, 2.45) is 0 Å². The molecule has 30 heavy (non-hydrogen) atoms. The molecule has 0 saturated carbocycles. The van der Waals surface area contributed by atoms with Gasteiger partial charge in [-0.1, -0.05) is 48.0 Å². The number of rotatable bonds is 4. The summed E-state index contributed by atoms with van der Waals surface area (Å²) >= 11 is 6.59. The van der Waals surface area contributed by atoms with Crippen molar-refractivity contribution in [1.82, 2.24) is 20.5 Å². The summed E-state index contributed by atoms with van der Waals surface area (Å²) in [7, 11) is 1.49. The van der Waals surface area contributed by atoms with Crippen LogP contribution >= 0.6 is 11.6 Å². The molecule has 156 valence electrons. The summed E-state index contributed by atoms with van der Waals surface area (Å²) in [6.45, 7) is 3.43. The Morgan fingerprint density at radius 1 is 1.17 bits per heavy atom. The molecule has 0 saturated heterocycles. The van der Waals surface area contributed by atoms with E-state index in [2.05, 4.69) is 51.7 Å². The number of imide groups is 1. The van der Waals surface area contributed by atoms with Crippen molar-refractivity contribution in [1.29, 1.82) is 0 Å². The Balaban J connectivity index is 1.68. The van der Waals surface area contributed by atoms with Gasteiger partial charge in [-0.05, 0) is 30.2 Å². The number of para-hydroxylation sites is 1. The predicted octanol–water partition coefficient (Wildman–Crippen LogP) is 4.18. The third-order valence-corrected chi connectivity index (χ3v) is 6.24. The zero-order chi connectivity index (χ0) is 21.3. The molecule has 0 spiro atoms. The highest BCUT2D eigenvalue weighted by atomic mass is 35.5. The zero-order valence-electron chi connectivity index (χ0n) is 17.0. The number of H-pyrrole nitrogens is 1. The Bertz CT molecular complexity index is 1090. The first-order valence-electron chi connectivity index (χ1n) is 10.1. The number of aromatic nitrogens is 1. The molecular weight excluding hydrogens is 400 g/mol. The van der Waals surface area contributed by atoms with Gasteiger partial charge in [0.25, 0.3) is 0 Å². The highest BCUT2D eigenvalue weighted by Gasteiger charge is 2.35. The fourth-order valence-corrected chi connectivity index (χ4v) is 4.62. The van der Waals surface area contributed by atoms with Gasteiger partial charge < -0.3 is 10.3 Å². The normalized spacial score (nSPS) is 18.8. The number of halogens is 1. The number of amides is 3. The van der Waals surface area contributed by atoms with Crippen LogP contribution in [0.2, 0.25) is 5.02 Å². The number of nitrogens with one attached hydrogen (secondary N) is 3. The van der Waals surface area contributed by atoms with E-state index in [1.54, 1.807) is 0 Å². The number of carbonyl (C=O) groups is 2. The molecule has 0 fully saturated rings. The molecule has 1 aliphatic heterocycles. The van der Waals surface area contributed by atoms with Gasteiger partial charge in [-0.2, -0.15) is 0 Å². The largest absolute Gasteiger partial charge is 0.357 e. The molecule has 0 bridgehead atoms. The Morgan fingerprint density at radius 3 is 2.67 bits per heavy atom. The monoisotopic (exact) mass is 424 g/mol. The zero-order valence-corrected chi connectivity index (χ0v) is 17.8. The number of hydrogen-bond donors (Lipinski definition) is 3. The lowest BCUT2D eigenvalue weighted by atomic mass is 9.83. The van der Waals surface area contributed by atoms with Crippen molar-refractivity contribution in [2.45, 2.75) is 25.3 Å². The molecule has 3 aromatic rings. The molecule has 3 N–H and O–H groups in total. The van der Waals surface area contributed by atoms with Crippen molar-refractivity contribution >= 4 is 34.4 Å². The van der Waals surface area contributed by atoms with Crippen LogP contribution in [0.25, 0.3) is 10.9 Å². The molecular formula is C23H25ClN4O2. The second-order valence-corrected chi connectivity index (χ2v) is 8.03. The van der Waals surface area contributed by atoms with Crippen LogP contribution in [-0.2, 0) is 4.79 Å². The van der Waals surface area contributed by atoms with Crippen molar-refractivity contribution in [3.63, 3.8) is 0 Å². The minimum absolute atomic E-state index is 0.0862. The van der Waals surface area contributed by atoms with Crippen LogP contribution in [-0.4, -0.2) is 42.0 Å². The van der Waals surface area contributed by atoms with Crippen LogP contribution in [0, 0.1) is 0 Å². The van der Waals surface area contributed by atoms with Gasteiger partial charge in [-0.3, -0.25) is 15.0 Å². The van der Waals surface area contributed by atoms with Gasteiger partial charge in [0, 0.05) is 60.1 Å². The SMILES string of the molecule is CNC(=O)NC(=O)CCN1C[C@@H](c2ccccc2Cl)c2c([nH]c3ccccc23)[C@H]1C. The molecule has 7 heteroatoms. The molecule has 0 aliphatic carbocycles. The van der Waals surface area contributed by atoms with E-state index in [0.717, 1.165) is 28.3 Å². The van der Waals surface area contributed by atoms with Crippen LogP contribution in [0.15, 0.2) is 48.5 Å². The Kier molecular flexibility index (Phi) is 5.79. The maximum atomic E-state index is 12.1. The minimum Gasteiger partial charge on any atom is -0.357 e. The average Bonchev–Trinajstić information content (AvgIpc) is 3.14. The lowest BCUT2D eigenvalue weighted by Gasteiger charge is -2.38. The molecule has 2 aromatic carbocycles. The summed E-state index contributed by atoms with van der Waals surface area (Å²) in [6.07, 6.45) is 0.239. The number of aromatic amines is 1. The van der Waals surface area contributed by atoms with Gasteiger partial charge in [0.05, 0.1) is 0 Å². The summed E-state index contributed by atoms with van der Waals surface area (Å²) in [4.78, 5) is 29.4. The third-order valence-electron chi connectivity index (χ3n) is 5.89. The van der Waals surface area contributed by atoms with Crippen molar-refractivity contribution in [3.8, 4) is 0 Å². The Morgan fingerprint density at radius 2 is 1.90 bits per heavy atom. The predicted molar refractivity (Wildman–Crippen MR) is 119 cm³/mol. The van der Waals surface area contributed by atoms with E-state index in [0.29, 0.717) is 6.54 Å². The summed E-state index contributed by atoms with van der Waals surface area (Å²) < 4.78 is 0. The van der Waals surface area contributed by atoms with Crippen LogP contribution in [0.3, 0.4) is 0 Å². The third kappa shape index (κ3) is 3.80. The highest BCUT2D eigenvalue weighted by molar-refractivity contribution is 6.31. The minimum atomic E-state index is -0.487. The van der Waals surface area contributed by atoms with E-state index in [1.807, 2.05) is 24.3 Å². The molecule has 2 heterocycles. The maximum absolute atomic E-state index is 12.1. The summed E-state index contributed by atoms with van der Waals surface area (Å²) in [6, 6.07) is 15.9. The fraction of sp³-hybridized carbons (Fsp3) is 0.304. The molecule has 1 aromatic heterocycles. The van der Waals surface area contributed by atoms with E-state index in [-0.39, 0.29) is 24.3 Å². The van der Waals surface area contributed by atoms with E-state index < -0.39 is 6.03 Å². The number of hydrogen-bond acceptors (Lipinski definition) is 3. The number of nitrogens with zero attached hydrogens (tertiary/aromatic N) is 1. The van der Waals surface area contributed by atoms with Gasteiger partial charge in [0.15, 0.2) is 0 Å². The first-order chi connectivity index (χ1) is 14.5. The van der Waals surface area contributed by atoms with Crippen molar-refractivity contribution in [2.75, 3.05) is 20.1 Å². The summed E-state index contributed by atoms with van der Waals surface area (Å²) in [5, 5.41) is 6.68. The lowest BCUT2D eigenvalue weighted by molar-refractivity contribution is -0.120. The van der Waals surface area contributed by atoms with Gasteiger partial charge in [-0.25, -0.2) is 4.79 Å². The number of urea groups is 1. The van der Waals surface area contributed by atoms with Crippen LogP contribution in [0.1, 0.15) is 42.1 Å². The van der Waals surface area contributed by atoms with E-state index in [1.165, 1.54) is 18.0 Å². The maximum Gasteiger partial charge on any atom is 0.321 e. The molecule has 6 nitrogen and oxygen atoms in total. The topological polar surface area (TPSA) is 77.2 Å². The number of fused-ring (bicyclic) bond motifs is 3. The van der Waals surface area contributed by atoms with Crippen LogP contribution in [0.5, 0.6) is 0 Å². The Labute approximate surface area is 180 Å². The van der Waals surface area contributed by atoms with Crippen molar-refractivity contribution in [3.05, 3.63) is 70.4 Å². The van der Waals surface area contributed by atoms with Gasteiger partial charge in [0.1, 0.15) is 0 Å². The highest BCUT2D eigenvalue weighted by Crippen LogP contribution is 2.44. The molecule has 0 radical (unpaired) electrons. The smallest absolute Gasteiger partial charge is 0.321 e. The van der Waals surface area contributed by atoms with Gasteiger partial charge in [0.2, 0.25) is 5.91 Å². The Hall–Kier alpha value is -2.83. The van der Waals surface area contributed by atoms with E-state index >= 15 is 0 Å². The van der Waals surface area contributed by atoms with Gasteiger partial charge >= 0.3 is 6.03 Å². The second kappa shape index (κ2) is 8.50. The van der Waals surface area contributed by atoms with Crippen LogP contribution < -0.4 is 10.6 Å². The van der Waals surface area contributed by atoms with Crippen molar-refractivity contribution < 1.29 is 9.59 Å². The standard InChI is InChI=1S/C23H25ClN4O2/c1-14-22-21(16-8-4-6-10-19(16)26-22)17(15-7-3-5-9-18(15)24)13-28(14)12-11-20(29)27-23(30)25-2/h3-10,14,17,26H,11-13H2,1-2H3,(H2,25,27,29,30)/t14-,17+/m1/s1. The van der Waals surface area contributed by atoms with E-state index in [9.17, 15) is 9.59 Å². The molecule has 3 amide bonds. The summed E-state index contributed by atoms with van der Waals surface area (Å²) in [5.74, 6) is -0.207. The number of benzene rings is 2. The fourth-order valence-electron chi connectivity index (χ4n) is 4.35. The molecule has 4 rings (SSSR count). The average molecular weight is 425 g/mol. The molecule has 2 atom stereocenters. The summed E-state index contributed by atoms with van der Waals surface area (Å²) in [5.41, 5.74) is 4.61. The second-order valence-electron chi connectivity index (χ2n) is 7.62. The molecule has 1 aliphatic rings. The van der Waals surface area contributed by atoms with Crippen LogP contribution in [0.4, 0.5) is 4.79 Å². The quantitative estimate of drug-likeness (QED) is 0.588. The lowest BCUT2D eigenvalue weighted by Crippen LogP contribution is -2.41. The first kappa shape index (κ1) is 20.4.